The average molecular weight is 592 g/mol. The molecule has 1 fully saturated rings. The fourth-order valence-corrected chi connectivity index (χ4v) is 5.49. The van der Waals surface area contributed by atoms with Crippen molar-refractivity contribution in [1.29, 1.82) is 0 Å². The quantitative estimate of drug-likeness (QED) is 0.259. The summed E-state index contributed by atoms with van der Waals surface area (Å²) < 4.78 is 10.9. The summed E-state index contributed by atoms with van der Waals surface area (Å²) in [5.41, 5.74) is 1.12. The summed E-state index contributed by atoms with van der Waals surface area (Å²) in [4.78, 5) is 52.1. The minimum Gasteiger partial charge on any atom is -0.462 e. The Balaban J connectivity index is 1.45. The van der Waals surface area contributed by atoms with Crippen LogP contribution in [0.5, 0.6) is 0 Å². The number of aliphatic hydroxyl groups is 1. The lowest BCUT2D eigenvalue weighted by Gasteiger charge is -2.29. The molecule has 2 aromatic rings. The molecule has 1 aliphatic heterocycles. The molecule has 230 valence electrons. The number of carbonyl (C=O) groups excluding carboxylic acids is 4. The van der Waals surface area contributed by atoms with E-state index in [2.05, 4.69) is 16.0 Å². The van der Waals surface area contributed by atoms with E-state index in [9.17, 15) is 24.3 Å². The smallest absolute Gasteiger partial charge is 0.408 e. The summed E-state index contributed by atoms with van der Waals surface area (Å²) in [6, 6.07) is 17.1. The van der Waals surface area contributed by atoms with E-state index >= 15 is 0 Å². The van der Waals surface area contributed by atoms with Gasteiger partial charge in [-0.15, -0.1) is 0 Å². The number of hydrogen-bond acceptors (Lipinski definition) is 7. The van der Waals surface area contributed by atoms with Gasteiger partial charge in [-0.05, 0) is 43.2 Å². The van der Waals surface area contributed by atoms with Crippen LogP contribution in [0.15, 0.2) is 72.8 Å². The third kappa shape index (κ3) is 9.95. The number of esters is 1. The number of ether oxygens (including phenoxy) is 2. The molecule has 1 aliphatic carbocycles. The van der Waals surface area contributed by atoms with Gasteiger partial charge in [0.1, 0.15) is 19.3 Å². The van der Waals surface area contributed by atoms with E-state index in [1.54, 1.807) is 12.2 Å². The van der Waals surface area contributed by atoms with Gasteiger partial charge >= 0.3 is 12.1 Å². The number of nitrogens with one attached hydrogen (secondary N) is 3. The number of benzene rings is 2. The first-order valence-corrected chi connectivity index (χ1v) is 14.9. The van der Waals surface area contributed by atoms with Crippen molar-refractivity contribution in [2.75, 3.05) is 13.2 Å². The fourth-order valence-electron chi connectivity index (χ4n) is 5.49. The van der Waals surface area contributed by atoms with E-state index in [0.717, 1.165) is 24.0 Å². The molecular formula is C33H41N3O7. The highest BCUT2D eigenvalue weighted by atomic mass is 16.6. The predicted molar refractivity (Wildman–Crippen MR) is 159 cm³/mol. The van der Waals surface area contributed by atoms with Crippen molar-refractivity contribution >= 4 is 23.9 Å². The number of hydrogen-bond donors (Lipinski definition) is 4. The van der Waals surface area contributed by atoms with Crippen molar-refractivity contribution < 1.29 is 33.8 Å². The molecule has 2 aromatic carbocycles. The van der Waals surface area contributed by atoms with Crippen LogP contribution < -0.4 is 16.0 Å². The van der Waals surface area contributed by atoms with E-state index in [-0.39, 0.29) is 50.9 Å². The lowest BCUT2D eigenvalue weighted by molar-refractivity contribution is -0.147. The van der Waals surface area contributed by atoms with Crippen molar-refractivity contribution in [3.05, 3.63) is 83.9 Å². The first-order valence-electron chi connectivity index (χ1n) is 14.9. The summed E-state index contributed by atoms with van der Waals surface area (Å²) in [6.45, 7) is -0.202. The highest BCUT2D eigenvalue weighted by Crippen LogP contribution is 2.29. The maximum Gasteiger partial charge on any atom is 0.408 e. The lowest BCUT2D eigenvalue weighted by atomic mass is 9.95. The minimum atomic E-state index is -0.999. The molecule has 1 heterocycles. The van der Waals surface area contributed by atoms with Crippen LogP contribution in [0.4, 0.5) is 4.79 Å². The first-order chi connectivity index (χ1) is 20.9. The maximum atomic E-state index is 13.4. The second-order valence-corrected chi connectivity index (χ2v) is 11.3. The standard InChI is InChI=1S/C33H41N3O7/c37-23-33(17-9-10-18-33)36-29(38)20-26-15-7-8-16-28(35-32(41)43-21-25-13-5-2-6-14-25)31(40)42-22-27(34-30(26)39)19-24-11-3-1-4-12-24/h1-8,11-14,26-28,37H,9-10,15-23H2,(H,34,39)(H,35,41)(H,36,38)/t26-,27-,28-/m1/s1. The second kappa shape index (κ2) is 15.9. The summed E-state index contributed by atoms with van der Waals surface area (Å²) in [5, 5.41) is 18.5. The van der Waals surface area contributed by atoms with Gasteiger partial charge in [0.15, 0.2) is 0 Å². The zero-order chi connectivity index (χ0) is 30.5. The molecule has 10 heteroatoms. The van der Waals surface area contributed by atoms with Crippen LogP contribution in [0.3, 0.4) is 0 Å². The van der Waals surface area contributed by atoms with Gasteiger partial charge in [-0.3, -0.25) is 9.59 Å². The Morgan fingerprint density at radius 3 is 2.28 bits per heavy atom. The Kier molecular flexibility index (Phi) is 11.7. The summed E-state index contributed by atoms with van der Waals surface area (Å²) in [6.07, 6.45) is 6.68. The zero-order valence-electron chi connectivity index (χ0n) is 24.3. The van der Waals surface area contributed by atoms with Crippen LogP contribution in [0.2, 0.25) is 0 Å². The minimum absolute atomic E-state index is 0.0523. The van der Waals surface area contributed by atoms with Gasteiger partial charge < -0.3 is 30.5 Å². The zero-order valence-corrected chi connectivity index (χ0v) is 24.3. The molecule has 3 atom stereocenters. The number of alkyl carbamates (subject to hydrolysis) is 1. The monoisotopic (exact) mass is 591 g/mol. The highest BCUT2D eigenvalue weighted by molar-refractivity contribution is 5.86. The molecule has 0 saturated heterocycles. The molecule has 1 saturated carbocycles. The molecule has 43 heavy (non-hydrogen) atoms. The summed E-state index contributed by atoms with van der Waals surface area (Å²) in [5.74, 6) is -1.93. The largest absolute Gasteiger partial charge is 0.462 e. The van der Waals surface area contributed by atoms with E-state index in [0.29, 0.717) is 19.3 Å². The van der Waals surface area contributed by atoms with Crippen molar-refractivity contribution in [2.24, 2.45) is 5.92 Å². The second-order valence-electron chi connectivity index (χ2n) is 11.3. The Labute approximate surface area is 252 Å². The van der Waals surface area contributed by atoms with Gasteiger partial charge in [0.25, 0.3) is 0 Å². The summed E-state index contributed by atoms with van der Waals surface area (Å²) in [7, 11) is 0. The van der Waals surface area contributed by atoms with E-state index < -0.39 is 35.6 Å². The molecule has 2 aliphatic rings. The topological polar surface area (TPSA) is 143 Å². The molecule has 4 N–H and O–H groups in total. The Hall–Kier alpha value is -4.18. The molecule has 0 spiro atoms. The molecular weight excluding hydrogens is 550 g/mol. The van der Waals surface area contributed by atoms with Crippen LogP contribution in [0.1, 0.15) is 56.1 Å². The number of carbonyl (C=O) groups is 4. The fraction of sp³-hybridized carbons (Fsp3) is 0.455. The Morgan fingerprint density at radius 2 is 1.60 bits per heavy atom. The van der Waals surface area contributed by atoms with Crippen molar-refractivity contribution in [1.82, 2.24) is 16.0 Å². The third-order valence-corrected chi connectivity index (χ3v) is 7.92. The Bertz CT molecular complexity index is 1250. The lowest BCUT2D eigenvalue weighted by Crippen LogP contribution is -2.51. The Morgan fingerprint density at radius 1 is 0.953 bits per heavy atom. The van der Waals surface area contributed by atoms with Crippen molar-refractivity contribution in [2.45, 2.75) is 75.6 Å². The number of rotatable bonds is 9. The summed E-state index contributed by atoms with van der Waals surface area (Å²) >= 11 is 0. The van der Waals surface area contributed by atoms with Gasteiger partial charge in [0, 0.05) is 6.42 Å². The average Bonchev–Trinajstić information content (AvgIpc) is 3.48. The maximum absolute atomic E-state index is 13.4. The van der Waals surface area contributed by atoms with Crippen LogP contribution in [-0.2, 0) is 36.9 Å². The molecule has 3 amide bonds. The van der Waals surface area contributed by atoms with Gasteiger partial charge in [-0.1, -0.05) is 85.7 Å². The highest BCUT2D eigenvalue weighted by Gasteiger charge is 2.36. The van der Waals surface area contributed by atoms with Gasteiger partial charge in [-0.2, -0.15) is 0 Å². The molecule has 4 rings (SSSR count). The van der Waals surface area contributed by atoms with Crippen molar-refractivity contribution in [3.8, 4) is 0 Å². The van der Waals surface area contributed by atoms with Gasteiger partial charge in [-0.25, -0.2) is 9.59 Å². The van der Waals surface area contributed by atoms with Crippen LogP contribution in [-0.4, -0.2) is 59.8 Å². The van der Waals surface area contributed by atoms with Crippen LogP contribution in [0.25, 0.3) is 0 Å². The number of amides is 3. The predicted octanol–water partition coefficient (Wildman–Crippen LogP) is 3.33. The van der Waals surface area contributed by atoms with E-state index in [1.165, 1.54) is 0 Å². The molecule has 0 unspecified atom stereocenters. The molecule has 0 bridgehead atoms. The number of aliphatic hydroxyl groups excluding tert-OH is 1. The SMILES string of the molecule is O=C(C[C@H]1CC=CC[C@@H](NC(=O)OCc2ccccc2)C(=O)OC[C@@H](Cc2ccccc2)NC1=O)NC1(CO)CCCC1. The molecule has 10 nitrogen and oxygen atoms in total. The van der Waals surface area contributed by atoms with Crippen LogP contribution in [0, 0.1) is 5.92 Å². The number of cyclic esters (lactones) is 1. The third-order valence-electron chi connectivity index (χ3n) is 7.92. The molecule has 0 aromatic heterocycles. The number of allylic oxidation sites excluding steroid dienone is 1. The normalized spacial score (nSPS) is 22.3. The van der Waals surface area contributed by atoms with E-state index in [1.807, 2.05) is 60.7 Å². The van der Waals surface area contributed by atoms with Crippen LogP contribution >= 0.6 is 0 Å². The molecule has 0 radical (unpaired) electrons. The van der Waals surface area contributed by atoms with Gasteiger partial charge in [0.2, 0.25) is 11.8 Å². The van der Waals surface area contributed by atoms with Gasteiger partial charge in [0.05, 0.1) is 24.1 Å². The first kappa shape index (κ1) is 31.7. The van der Waals surface area contributed by atoms with Crippen molar-refractivity contribution in [3.63, 3.8) is 0 Å². The van der Waals surface area contributed by atoms with E-state index in [4.69, 9.17) is 9.47 Å².